The van der Waals surface area contributed by atoms with Crippen molar-refractivity contribution in [3.05, 3.63) is 59.7 Å². The average molecular weight is 365 g/mol. The zero-order chi connectivity index (χ0) is 18.4. The highest BCUT2D eigenvalue weighted by atomic mass is 19.4. The van der Waals surface area contributed by atoms with Crippen LogP contribution in [0.4, 0.5) is 13.2 Å². The van der Waals surface area contributed by atoms with Crippen LogP contribution in [0.15, 0.2) is 48.5 Å². The number of ether oxygens (including phenoxy) is 2. The number of halogens is 3. The molecule has 0 atom stereocenters. The summed E-state index contributed by atoms with van der Waals surface area (Å²) in [6.07, 6.45) is -1.82. The highest BCUT2D eigenvalue weighted by molar-refractivity contribution is 5.32. The monoisotopic (exact) mass is 365 g/mol. The first-order valence-corrected chi connectivity index (χ1v) is 8.75. The second-order valence-corrected chi connectivity index (χ2v) is 6.36. The third-order valence-electron chi connectivity index (χ3n) is 4.36. The summed E-state index contributed by atoms with van der Waals surface area (Å²) in [5.41, 5.74) is -0.189. The number of hydrogen-bond acceptors (Lipinski definition) is 3. The third kappa shape index (κ3) is 5.39. The van der Waals surface area contributed by atoms with Crippen LogP contribution in [-0.4, -0.2) is 31.1 Å². The zero-order valence-electron chi connectivity index (χ0n) is 14.5. The summed E-state index contributed by atoms with van der Waals surface area (Å²) < 4.78 is 49.4. The summed E-state index contributed by atoms with van der Waals surface area (Å²) >= 11 is 0. The van der Waals surface area contributed by atoms with Crippen molar-refractivity contribution in [2.75, 3.05) is 26.2 Å². The number of nitrogens with zero attached hydrogens (tertiary/aromatic N) is 1. The van der Waals surface area contributed by atoms with E-state index in [1.165, 1.54) is 18.9 Å². The Labute approximate surface area is 151 Å². The zero-order valence-corrected chi connectivity index (χ0v) is 14.5. The minimum atomic E-state index is -4.34. The molecule has 1 heterocycles. The first-order chi connectivity index (χ1) is 12.5. The van der Waals surface area contributed by atoms with Crippen LogP contribution < -0.4 is 9.47 Å². The summed E-state index contributed by atoms with van der Waals surface area (Å²) in [4.78, 5) is 2.38. The van der Waals surface area contributed by atoms with E-state index in [0.717, 1.165) is 37.5 Å². The molecule has 0 spiro atoms. The molecule has 2 aromatic rings. The lowest BCUT2D eigenvalue weighted by Crippen LogP contribution is -2.25. The van der Waals surface area contributed by atoms with E-state index >= 15 is 0 Å². The van der Waals surface area contributed by atoms with Gasteiger partial charge in [0.25, 0.3) is 0 Å². The van der Waals surface area contributed by atoms with Crippen LogP contribution in [0.1, 0.15) is 24.0 Å². The SMILES string of the molecule is FC(F)(F)c1cccc(COc2ccc(OCCN3CCCC3)cc2)c1. The van der Waals surface area contributed by atoms with Gasteiger partial charge in [-0.2, -0.15) is 13.2 Å². The van der Waals surface area contributed by atoms with E-state index in [9.17, 15) is 13.2 Å². The Morgan fingerprint density at radius 1 is 0.885 bits per heavy atom. The minimum Gasteiger partial charge on any atom is -0.492 e. The Bertz CT molecular complexity index is 695. The van der Waals surface area contributed by atoms with Gasteiger partial charge in [-0.3, -0.25) is 4.90 Å². The molecule has 3 rings (SSSR count). The Balaban J connectivity index is 1.47. The lowest BCUT2D eigenvalue weighted by Gasteiger charge is -2.15. The largest absolute Gasteiger partial charge is 0.492 e. The van der Waals surface area contributed by atoms with Gasteiger partial charge in [0.15, 0.2) is 0 Å². The van der Waals surface area contributed by atoms with Crippen LogP contribution in [0, 0.1) is 0 Å². The molecule has 0 aliphatic carbocycles. The Morgan fingerprint density at radius 3 is 2.19 bits per heavy atom. The number of hydrogen-bond donors (Lipinski definition) is 0. The van der Waals surface area contributed by atoms with Crippen molar-refractivity contribution >= 4 is 0 Å². The van der Waals surface area contributed by atoms with Gasteiger partial charge in [0.1, 0.15) is 24.7 Å². The van der Waals surface area contributed by atoms with Crippen LogP contribution in [-0.2, 0) is 12.8 Å². The molecule has 2 aromatic carbocycles. The smallest absolute Gasteiger partial charge is 0.416 e. The molecule has 0 bridgehead atoms. The Morgan fingerprint density at radius 2 is 1.54 bits per heavy atom. The summed E-state index contributed by atoms with van der Waals surface area (Å²) in [5, 5.41) is 0. The predicted molar refractivity (Wildman–Crippen MR) is 93.4 cm³/mol. The summed E-state index contributed by atoms with van der Waals surface area (Å²) in [6.45, 7) is 3.94. The fraction of sp³-hybridized carbons (Fsp3) is 0.400. The van der Waals surface area contributed by atoms with Gasteiger partial charge in [0, 0.05) is 6.54 Å². The molecule has 0 saturated carbocycles. The van der Waals surface area contributed by atoms with E-state index in [4.69, 9.17) is 9.47 Å². The fourth-order valence-electron chi connectivity index (χ4n) is 2.94. The van der Waals surface area contributed by atoms with Gasteiger partial charge in [0.2, 0.25) is 0 Å². The van der Waals surface area contributed by atoms with Gasteiger partial charge in [0.05, 0.1) is 5.56 Å². The third-order valence-corrected chi connectivity index (χ3v) is 4.36. The molecule has 0 unspecified atom stereocenters. The fourth-order valence-corrected chi connectivity index (χ4v) is 2.94. The van der Waals surface area contributed by atoms with Crippen LogP contribution in [0.2, 0.25) is 0 Å². The molecule has 140 valence electrons. The maximum absolute atomic E-state index is 12.7. The van der Waals surface area contributed by atoms with E-state index in [2.05, 4.69) is 4.90 Å². The number of alkyl halides is 3. The second-order valence-electron chi connectivity index (χ2n) is 6.36. The van der Waals surface area contributed by atoms with Gasteiger partial charge >= 0.3 is 6.18 Å². The van der Waals surface area contributed by atoms with Crippen LogP contribution in [0.25, 0.3) is 0 Å². The molecule has 6 heteroatoms. The van der Waals surface area contributed by atoms with E-state index in [-0.39, 0.29) is 6.61 Å². The van der Waals surface area contributed by atoms with E-state index < -0.39 is 11.7 Å². The minimum absolute atomic E-state index is 0.0824. The standard InChI is InChI=1S/C20H22F3NO2/c21-20(22,23)17-5-3-4-16(14-17)15-26-19-8-6-18(7-9-19)25-13-12-24-10-1-2-11-24/h3-9,14H,1-2,10-13,15H2. The number of likely N-dealkylation sites (tertiary alicyclic amines) is 1. The molecule has 0 N–H and O–H groups in total. The first-order valence-electron chi connectivity index (χ1n) is 8.75. The molecule has 26 heavy (non-hydrogen) atoms. The second kappa shape index (κ2) is 8.45. The molecular weight excluding hydrogens is 343 g/mol. The maximum atomic E-state index is 12.7. The van der Waals surface area contributed by atoms with Gasteiger partial charge in [-0.1, -0.05) is 12.1 Å². The quantitative estimate of drug-likeness (QED) is 0.706. The van der Waals surface area contributed by atoms with Crippen molar-refractivity contribution in [1.82, 2.24) is 4.90 Å². The van der Waals surface area contributed by atoms with Crippen molar-refractivity contribution in [2.24, 2.45) is 0 Å². The average Bonchev–Trinajstić information content (AvgIpc) is 3.14. The molecule has 1 aliphatic heterocycles. The number of rotatable bonds is 7. The van der Waals surface area contributed by atoms with Crippen molar-refractivity contribution in [3.63, 3.8) is 0 Å². The summed E-state index contributed by atoms with van der Waals surface area (Å²) in [5.74, 6) is 1.35. The molecule has 0 aromatic heterocycles. The topological polar surface area (TPSA) is 21.7 Å². The van der Waals surface area contributed by atoms with Crippen LogP contribution >= 0.6 is 0 Å². The van der Waals surface area contributed by atoms with Crippen molar-refractivity contribution in [3.8, 4) is 11.5 Å². The molecule has 1 saturated heterocycles. The van der Waals surface area contributed by atoms with E-state index in [1.807, 2.05) is 12.1 Å². The number of benzene rings is 2. The van der Waals surface area contributed by atoms with Crippen molar-refractivity contribution in [2.45, 2.75) is 25.6 Å². The molecule has 0 radical (unpaired) electrons. The molecular formula is C20H22F3NO2. The van der Waals surface area contributed by atoms with E-state index in [0.29, 0.717) is 17.9 Å². The van der Waals surface area contributed by atoms with E-state index in [1.54, 1.807) is 18.2 Å². The summed E-state index contributed by atoms with van der Waals surface area (Å²) in [6, 6.07) is 12.3. The maximum Gasteiger partial charge on any atom is 0.416 e. The normalized spacial score (nSPS) is 15.2. The highest BCUT2D eigenvalue weighted by Crippen LogP contribution is 2.29. The molecule has 1 aliphatic rings. The van der Waals surface area contributed by atoms with Gasteiger partial charge < -0.3 is 9.47 Å². The molecule has 1 fully saturated rings. The van der Waals surface area contributed by atoms with Crippen molar-refractivity contribution < 1.29 is 22.6 Å². The Kier molecular flexibility index (Phi) is 6.04. The van der Waals surface area contributed by atoms with Gasteiger partial charge in [-0.25, -0.2) is 0 Å². The Hall–Kier alpha value is -2.21. The van der Waals surface area contributed by atoms with Gasteiger partial charge in [-0.05, 0) is 67.9 Å². The van der Waals surface area contributed by atoms with Crippen LogP contribution in [0.3, 0.4) is 0 Å². The molecule has 0 amide bonds. The lowest BCUT2D eigenvalue weighted by molar-refractivity contribution is -0.137. The molecule has 3 nitrogen and oxygen atoms in total. The van der Waals surface area contributed by atoms with Crippen LogP contribution in [0.5, 0.6) is 11.5 Å². The predicted octanol–water partition coefficient (Wildman–Crippen LogP) is 4.76. The summed E-state index contributed by atoms with van der Waals surface area (Å²) in [7, 11) is 0. The van der Waals surface area contributed by atoms with Gasteiger partial charge in [-0.15, -0.1) is 0 Å². The van der Waals surface area contributed by atoms with Crippen molar-refractivity contribution in [1.29, 1.82) is 0 Å². The first kappa shape index (κ1) is 18.6. The highest BCUT2D eigenvalue weighted by Gasteiger charge is 2.30. The lowest BCUT2D eigenvalue weighted by atomic mass is 10.1.